The second kappa shape index (κ2) is 5.44. The van der Waals surface area contributed by atoms with Crippen molar-refractivity contribution in [3.63, 3.8) is 0 Å². The number of hydrogen-bond acceptors (Lipinski definition) is 5. The van der Waals surface area contributed by atoms with Crippen LogP contribution in [-0.2, 0) is 10.0 Å². The van der Waals surface area contributed by atoms with E-state index in [1.165, 1.54) is 30.6 Å². The van der Waals surface area contributed by atoms with Crippen LogP contribution in [-0.4, -0.2) is 24.4 Å². The highest BCUT2D eigenvalue weighted by Crippen LogP contribution is 2.04. The summed E-state index contributed by atoms with van der Waals surface area (Å²) in [6.07, 6.45) is 2.80. The average molecular weight is 278 g/mol. The molecule has 2 N–H and O–H groups in total. The molecule has 0 aliphatic rings. The van der Waals surface area contributed by atoms with Gasteiger partial charge in [0.2, 0.25) is 0 Å². The van der Waals surface area contributed by atoms with Gasteiger partial charge in [-0.2, -0.15) is 8.42 Å². The van der Waals surface area contributed by atoms with Crippen molar-refractivity contribution in [1.82, 2.24) is 14.7 Å². The van der Waals surface area contributed by atoms with Crippen LogP contribution in [0.5, 0.6) is 0 Å². The van der Waals surface area contributed by atoms with Crippen molar-refractivity contribution in [3.05, 3.63) is 48.8 Å². The molecule has 0 saturated carbocycles. The molecule has 0 bridgehead atoms. The first-order chi connectivity index (χ1) is 9.08. The normalized spacial score (nSPS) is 10.7. The maximum atomic E-state index is 11.8. The Morgan fingerprint density at radius 1 is 1.00 bits per heavy atom. The minimum Gasteiger partial charge on any atom is -0.292 e. The van der Waals surface area contributed by atoms with Crippen LogP contribution in [0.1, 0.15) is 0 Å². The third-order valence-electron chi connectivity index (χ3n) is 2.05. The molecule has 0 radical (unpaired) electrons. The number of urea groups is 1. The van der Waals surface area contributed by atoms with E-state index in [-0.39, 0.29) is 10.8 Å². The third kappa shape index (κ3) is 3.49. The lowest BCUT2D eigenvalue weighted by molar-refractivity contribution is 0.256. The highest BCUT2D eigenvalue weighted by molar-refractivity contribution is 7.90. The van der Waals surface area contributed by atoms with E-state index in [0.717, 1.165) is 0 Å². The molecule has 98 valence electrons. The highest BCUT2D eigenvalue weighted by atomic mass is 32.2. The van der Waals surface area contributed by atoms with Crippen LogP contribution in [0.25, 0.3) is 0 Å². The van der Waals surface area contributed by atoms with E-state index in [0.29, 0.717) is 0 Å². The van der Waals surface area contributed by atoms with Crippen LogP contribution in [0.2, 0.25) is 0 Å². The Morgan fingerprint density at radius 3 is 2.26 bits per heavy atom. The summed E-state index contributed by atoms with van der Waals surface area (Å²) in [7, 11) is -3.98. The van der Waals surface area contributed by atoms with Crippen LogP contribution in [0.3, 0.4) is 0 Å². The predicted molar refractivity (Wildman–Crippen MR) is 67.8 cm³/mol. The number of pyridine rings is 2. The van der Waals surface area contributed by atoms with E-state index < -0.39 is 16.1 Å². The molecule has 0 aliphatic heterocycles. The summed E-state index contributed by atoms with van der Waals surface area (Å²) in [6, 6.07) is 8.35. The number of nitrogens with one attached hydrogen (secondary N) is 2. The number of sulfonamides is 1. The largest absolute Gasteiger partial charge is 0.334 e. The van der Waals surface area contributed by atoms with E-state index in [1.807, 2.05) is 4.72 Å². The Kier molecular flexibility index (Phi) is 3.71. The summed E-state index contributed by atoms with van der Waals surface area (Å²) < 4.78 is 25.4. The minimum atomic E-state index is -3.98. The molecule has 0 atom stereocenters. The molecule has 0 unspecified atom stereocenters. The minimum absolute atomic E-state index is 0.230. The van der Waals surface area contributed by atoms with Gasteiger partial charge in [0.15, 0.2) is 5.03 Å². The van der Waals surface area contributed by atoms with E-state index in [1.54, 1.807) is 18.2 Å². The number of amides is 2. The zero-order valence-corrected chi connectivity index (χ0v) is 10.5. The first kappa shape index (κ1) is 13.0. The van der Waals surface area contributed by atoms with E-state index in [9.17, 15) is 13.2 Å². The number of anilines is 1. The average Bonchev–Trinajstić information content (AvgIpc) is 2.40. The first-order valence-electron chi connectivity index (χ1n) is 5.24. The zero-order chi connectivity index (χ0) is 13.7. The molecule has 19 heavy (non-hydrogen) atoms. The van der Waals surface area contributed by atoms with Crippen molar-refractivity contribution < 1.29 is 13.2 Å². The quantitative estimate of drug-likeness (QED) is 0.871. The van der Waals surface area contributed by atoms with Crippen molar-refractivity contribution in [2.75, 3.05) is 5.32 Å². The lowest BCUT2D eigenvalue weighted by Crippen LogP contribution is -2.34. The predicted octanol–water partition coefficient (Wildman–Crippen LogP) is 0.987. The van der Waals surface area contributed by atoms with Crippen LogP contribution in [0.15, 0.2) is 53.8 Å². The fourth-order valence-corrected chi connectivity index (χ4v) is 2.12. The molecule has 0 spiro atoms. The van der Waals surface area contributed by atoms with Gasteiger partial charge in [-0.15, -0.1) is 0 Å². The third-order valence-corrected chi connectivity index (χ3v) is 3.29. The Bertz CT molecular complexity index is 659. The van der Waals surface area contributed by atoms with E-state index in [2.05, 4.69) is 15.3 Å². The molecule has 2 aromatic heterocycles. The molecule has 0 aromatic carbocycles. The SMILES string of the molecule is O=C(Nc1ccccn1)NS(=O)(=O)c1ccccn1. The Morgan fingerprint density at radius 2 is 1.68 bits per heavy atom. The molecule has 0 aliphatic carbocycles. The van der Waals surface area contributed by atoms with Crippen molar-refractivity contribution >= 4 is 21.9 Å². The Hall–Kier alpha value is -2.48. The molecule has 0 fully saturated rings. The molecule has 8 heteroatoms. The van der Waals surface area contributed by atoms with Gasteiger partial charge in [0.05, 0.1) is 0 Å². The lowest BCUT2D eigenvalue weighted by atomic mass is 10.5. The van der Waals surface area contributed by atoms with Gasteiger partial charge in [-0.3, -0.25) is 5.32 Å². The second-order valence-corrected chi connectivity index (χ2v) is 5.07. The molecule has 2 rings (SSSR count). The van der Waals surface area contributed by atoms with Crippen LogP contribution in [0, 0.1) is 0 Å². The number of carbonyl (C=O) groups excluding carboxylic acids is 1. The second-order valence-electron chi connectivity index (χ2n) is 3.44. The maximum absolute atomic E-state index is 11.8. The molecule has 0 saturated heterocycles. The van der Waals surface area contributed by atoms with Crippen LogP contribution in [0.4, 0.5) is 10.6 Å². The number of nitrogens with zero attached hydrogens (tertiary/aromatic N) is 2. The summed E-state index contributed by atoms with van der Waals surface area (Å²) >= 11 is 0. The standard InChI is InChI=1S/C11H10N4O3S/c16-11(14-9-5-1-3-7-12-9)15-19(17,18)10-6-2-4-8-13-10/h1-8H,(H2,12,14,15,16). The van der Waals surface area contributed by atoms with Gasteiger partial charge >= 0.3 is 6.03 Å². The zero-order valence-electron chi connectivity index (χ0n) is 9.65. The summed E-state index contributed by atoms with van der Waals surface area (Å²) in [5.74, 6) is 0.247. The summed E-state index contributed by atoms with van der Waals surface area (Å²) in [5, 5.41) is 2.07. The van der Waals surface area contributed by atoms with E-state index >= 15 is 0 Å². The fraction of sp³-hybridized carbons (Fsp3) is 0. The smallest absolute Gasteiger partial charge is 0.292 e. The van der Waals surface area contributed by atoms with Crippen molar-refractivity contribution in [2.24, 2.45) is 0 Å². The van der Waals surface area contributed by atoms with Crippen LogP contribution < -0.4 is 10.0 Å². The van der Waals surface area contributed by atoms with Gasteiger partial charge in [-0.1, -0.05) is 12.1 Å². The van der Waals surface area contributed by atoms with Crippen LogP contribution >= 0.6 is 0 Å². The Balaban J connectivity index is 2.07. The summed E-state index contributed by atoms with van der Waals surface area (Å²) in [5.41, 5.74) is 0. The van der Waals surface area contributed by atoms with E-state index in [4.69, 9.17) is 0 Å². The lowest BCUT2D eigenvalue weighted by Gasteiger charge is -2.07. The number of aromatic nitrogens is 2. The number of hydrogen-bond donors (Lipinski definition) is 2. The summed E-state index contributed by atoms with van der Waals surface area (Å²) in [4.78, 5) is 19.0. The highest BCUT2D eigenvalue weighted by Gasteiger charge is 2.18. The van der Waals surface area contributed by atoms with Gasteiger partial charge in [0.1, 0.15) is 5.82 Å². The number of carbonyl (C=O) groups is 1. The monoisotopic (exact) mass is 278 g/mol. The van der Waals surface area contributed by atoms with Gasteiger partial charge in [-0.25, -0.2) is 19.5 Å². The van der Waals surface area contributed by atoms with Crippen molar-refractivity contribution in [1.29, 1.82) is 0 Å². The van der Waals surface area contributed by atoms with Gasteiger partial charge in [0, 0.05) is 12.4 Å². The molecule has 2 heterocycles. The molecular weight excluding hydrogens is 268 g/mol. The molecule has 2 amide bonds. The number of rotatable bonds is 3. The topological polar surface area (TPSA) is 101 Å². The van der Waals surface area contributed by atoms with Crippen molar-refractivity contribution in [3.8, 4) is 0 Å². The molecule has 7 nitrogen and oxygen atoms in total. The van der Waals surface area contributed by atoms with Gasteiger partial charge in [-0.05, 0) is 24.3 Å². The van der Waals surface area contributed by atoms with Crippen molar-refractivity contribution in [2.45, 2.75) is 5.03 Å². The maximum Gasteiger partial charge on any atom is 0.334 e. The summed E-state index contributed by atoms with van der Waals surface area (Å²) in [6.45, 7) is 0. The van der Waals surface area contributed by atoms with Gasteiger partial charge in [0.25, 0.3) is 10.0 Å². The first-order valence-corrected chi connectivity index (χ1v) is 6.72. The van der Waals surface area contributed by atoms with Gasteiger partial charge < -0.3 is 0 Å². The molecule has 2 aromatic rings. The molecular formula is C11H10N4O3S. The fourth-order valence-electron chi connectivity index (χ4n) is 1.26. The Labute approximate surface area is 109 Å².